The number of methoxy groups -OCH3 is 1. The molecule has 34 heavy (non-hydrogen) atoms. The molecule has 0 N–H and O–H groups in total. The summed E-state index contributed by atoms with van der Waals surface area (Å²) in [4.78, 5) is 36.7. The van der Waals surface area contributed by atoms with Crippen molar-refractivity contribution in [2.45, 2.75) is 20.5 Å². The molecule has 0 radical (unpaired) electrons. The molecule has 0 aliphatic rings. The van der Waals surface area contributed by atoms with Crippen LogP contribution in [0.2, 0.25) is 0 Å². The minimum atomic E-state index is -3.20. The van der Waals surface area contributed by atoms with Crippen molar-refractivity contribution in [3.05, 3.63) is 63.7 Å². The van der Waals surface area contributed by atoms with Crippen LogP contribution in [-0.4, -0.2) is 54.9 Å². The van der Waals surface area contributed by atoms with Gasteiger partial charge in [-0.1, -0.05) is 0 Å². The van der Waals surface area contributed by atoms with Gasteiger partial charge in [0.05, 0.1) is 23.7 Å². The number of hydrogen-bond acceptors (Lipinski definition) is 7. The lowest BCUT2D eigenvalue weighted by Gasteiger charge is -2.18. The molecule has 0 heterocycles. The Bertz CT molecular complexity index is 1050. The number of allylic oxidation sites excluding steroid dienone is 1. The summed E-state index contributed by atoms with van der Waals surface area (Å²) in [6, 6.07) is 7.96. The molecule has 0 fully saturated rings. The van der Waals surface area contributed by atoms with Crippen LogP contribution < -0.4 is 14.2 Å². The molecule has 182 valence electrons. The van der Waals surface area contributed by atoms with E-state index in [1.807, 2.05) is 13.8 Å². The van der Waals surface area contributed by atoms with Crippen molar-refractivity contribution in [3.63, 3.8) is 0 Å². The van der Waals surface area contributed by atoms with Gasteiger partial charge in [0.15, 0.2) is 23.9 Å². The van der Waals surface area contributed by atoms with E-state index >= 15 is 0 Å². The number of carbonyl (C=O) groups is 2. The smallest absolute Gasteiger partial charge is 0.387 e. The summed E-state index contributed by atoms with van der Waals surface area (Å²) < 4.78 is 39.8. The molecule has 0 aromatic heterocycles. The number of rotatable bonds is 12. The first kappa shape index (κ1) is 26.2. The number of nitro benzene ring substituents is 1. The number of carbonyl (C=O) groups excluding carboxylic acids is 2. The summed E-state index contributed by atoms with van der Waals surface area (Å²) in [5.74, 6) is -0.875. The molecule has 1 amide bonds. The van der Waals surface area contributed by atoms with Crippen LogP contribution in [0.15, 0.2) is 42.5 Å². The standard InChI is InChI=1S/C23H24F2N2O7/c1-4-26(5-2)22(29)14-33-17-9-6-15(7-10-17)19(28)11-8-16-12-20(32-3)21(34-23(24)25)13-18(16)27(30)31/h6-13,23H,4-5,14H2,1-3H3/b11-8+. The highest BCUT2D eigenvalue weighted by atomic mass is 19.3. The van der Waals surface area contributed by atoms with E-state index in [-0.39, 0.29) is 29.4 Å². The summed E-state index contributed by atoms with van der Waals surface area (Å²) in [6.45, 7) is 1.55. The van der Waals surface area contributed by atoms with Crippen LogP contribution in [0.4, 0.5) is 14.5 Å². The maximum absolute atomic E-state index is 12.6. The lowest BCUT2D eigenvalue weighted by molar-refractivity contribution is -0.385. The lowest BCUT2D eigenvalue weighted by Crippen LogP contribution is -2.34. The van der Waals surface area contributed by atoms with Gasteiger partial charge in [-0.3, -0.25) is 19.7 Å². The molecule has 2 rings (SSSR count). The van der Waals surface area contributed by atoms with Crippen LogP contribution in [-0.2, 0) is 4.79 Å². The second kappa shape index (κ2) is 12.3. The molecule has 0 saturated heterocycles. The number of benzene rings is 2. The molecule has 0 aliphatic heterocycles. The highest BCUT2D eigenvalue weighted by Gasteiger charge is 2.20. The fourth-order valence-corrected chi connectivity index (χ4v) is 2.99. The monoisotopic (exact) mass is 478 g/mol. The van der Waals surface area contributed by atoms with Crippen LogP contribution in [0, 0.1) is 10.1 Å². The largest absolute Gasteiger partial charge is 0.493 e. The average molecular weight is 478 g/mol. The second-order valence-electron chi connectivity index (χ2n) is 6.77. The van der Waals surface area contributed by atoms with Crippen molar-refractivity contribution < 1.29 is 37.5 Å². The quantitative estimate of drug-likeness (QED) is 0.193. The number of nitrogens with zero attached hydrogens (tertiary/aromatic N) is 2. The molecule has 2 aromatic carbocycles. The number of alkyl halides is 2. The zero-order valence-electron chi connectivity index (χ0n) is 18.8. The normalized spacial score (nSPS) is 10.9. The van der Waals surface area contributed by atoms with Crippen molar-refractivity contribution in [2.75, 3.05) is 26.8 Å². The number of amides is 1. The number of hydrogen-bond donors (Lipinski definition) is 0. The maximum atomic E-state index is 12.6. The van der Waals surface area contributed by atoms with Crippen LogP contribution in [0.5, 0.6) is 17.2 Å². The Hall–Kier alpha value is -4.02. The van der Waals surface area contributed by atoms with Gasteiger partial charge in [0.2, 0.25) is 0 Å². The molecule has 0 atom stereocenters. The Morgan fingerprint density at radius 3 is 2.29 bits per heavy atom. The number of nitro groups is 1. The fraction of sp³-hybridized carbons (Fsp3) is 0.304. The van der Waals surface area contributed by atoms with Crippen molar-refractivity contribution in [3.8, 4) is 17.2 Å². The summed E-state index contributed by atoms with van der Waals surface area (Å²) in [6.07, 6.45) is 2.29. The Morgan fingerprint density at radius 2 is 1.76 bits per heavy atom. The number of likely N-dealkylation sites (N-methyl/N-ethyl adjacent to an activating group) is 1. The van der Waals surface area contributed by atoms with Crippen molar-refractivity contribution >= 4 is 23.5 Å². The Kier molecular flexibility index (Phi) is 9.48. The van der Waals surface area contributed by atoms with Crippen LogP contribution in [0.1, 0.15) is 29.8 Å². The molecular weight excluding hydrogens is 454 g/mol. The van der Waals surface area contributed by atoms with Crippen molar-refractivity contribution in [1.29, 1.82) is 0 Å². The van der Waals surface area contributed by atoms with Gasteiger partial charge in [-0.05, 0) is 56.3 Å². The van der Waals surface area contributed by atoms with E-state index in [1.54, 1.807) is 4.90 Å². The number of ether oxygens (including phenoxy) is 3. The van der Waals surface area contributed by atoms with Gasteiger partial charge in [0.1, 0.15) is 5.75 Å². The van der Waals surface area contributed by atoms with E-state index in [2.05, 4.69) is 4.74 Å². The Labute approximate surface area is 194 Å². The minimum Gasteiger partial charge on any atom is -0.493 e. The highest BCUT2D eigenvalue weighted by Crippen LogP contribution is 2.36. The van der Waals surface area contributed by atoms with Crippen molar-refractivity contribution in [2.24, 2.45) is 0 Å². The molecule has 11 heteroatoms. The van der Waals surface area contributed by atoms with Crippen LogP contribution >= 0.6 is 0 Å². The fourth-order valence-electron chi connectivity index (χ4n) is 2.99. The van der Waals surface area contributed by atoms with Gasteiger partial charge in [-0.15, -0.1) is 0 Å². The first-order chi connectivity index (χ1) is 16.2. The van der Waals surface area contributed by atoms with Gasteiger partial charge in [-0.2, -0.15) is 8.78 Å². The first-order valence-corrected chi connectivity index (χ1v) is 10.2. The van der Waals surface area contributed by atoms with Crippen LogP contribution in [0.3, 0.4) is 0 Å². The van der Waals surface area contributed by atoms with E-state index in [1.165, 1.54) is 37.5 Å². The summed E-state index contributed by atoms with van der Waals surface area (Å²) in [7, 11) is 1.19. The van der Waals surface area contributed by atoms with Gasteiger partial charge in [0, 0.05) is 18.7 Å². The molecule has 9 nitrogen and oxygen atoms in total. The van der Waals surface area contributed by atoms with E-state index < -0.39 is 28.8 Å². The third-order valence-corrected chi connectivity index (χ3v) is 4.76. The molecule has 0 aliphatic carbocycles. The lowest BCUT2D eigenvalue weighted by atomic mass is 10.1. The summed E-state index contributed by atoms with van der Waals surface area (Å²) in [5.41, 5.74) is -0.306. The molecule has 2 aromatic rings. The molecule has 0 spiro atoms. The topological polar surface area (TPSA) is 108 Å². The van der Waals surface area contributed by atoms with E-state index in [4.69, 9.17) is 9.47 Å². The third kappa shape index (κ3) is 6.99. The van der Waals surface area contributed by atoms with Gasteiger partial charge < -0.3 is 19.1 Å². The zero-order chi connectivity index (χ0) is 25.3. The maximum Gasteiger partial charge on any atom is 0.387 e. The van der Waals surface area contributed by atoms with Gasteiger partial charge in [0.25, 0.3) is 11.6 Å². The summed E-state index contributed by atoms with van der Waals surface area (Å²) in [5, 5.41) is 11.4. The Morgan fingerprint density at radius 1 is 1.12 bits per heavy atom. The average Bonchev–Trinajstić information content (AvgIpc) is 2.82. The second-order valence-corrected chi connectivity index (χ2v) is 6.77. The highest BCUT2D eigenvalue weighted by molar-refractivity contribution is 6.07. The van der Waals surface area contributed by atoms with Gasteiger partial charge in [-0.25, -0.2) is 0 Å². The summed E-state index contributed by atoms with van der Waals surface area (Å²) >= 11 is 0. The minimum absolute atomic E-state index is 0.0355. The SMILES string of the molecule is CCN(CC)C(=O)COc1ccc(C(=O)/C=C/c2cc(OC)c(OC(F)F)cc2[N+](=O)[O-])cc1. The Balaban J connectivity index is 2.16. The molecule has 0 unspecified atom stereocenters. The molecule has 0 bridgehead atoms. The van der Waals surface area contributed by atoms with Crippen LogP contribution in [0.25, 0.3) is 6.08 Å². The van der Waals surface area contributed by atoms with Gasteiger partial charge >= 0.3 is 6.61 Å². The van der Waals surface area contributed by atoms with E-state index in [0.29, 0.717) is 18.8 Å². The number of ketones is 1. The zero-order valence-corrected chi connectivity index (χ0v) is 18.8. The predicted molar refractivity (Wildman–Crippen MR) is 120 cm³/mol. The first-order valence-electron chi connectivity index (χ1n) is 10.2. The molecular formula is C23H24F2N2O7. The van der Waals surface area contributed by atoms with E-state index in [9.17, 15) is 28.5 Å². The third-order valence-electron chi connectivity index (χ3n) is 4.76. The van der Waals surface area contributed by atoms with Crippen molar-refractivity contribution in [1.82, 2.24) is 4.90 Å². The van der Waals surface area contributed by atoms with E-state index in [0.717, 1.165) is 18.2 Å². The predicted octanol–water partition coefficient (Wildman–Crippen LogP) is 4.35. The number of halogens is 2. The molecule has 0 saturated carbocycles.